The van der Waals surface area contributed by atoms with Gasteiger partial charge in [0.2, 0.25) is 5.91 Å². The molecule has 0 aliphatic heterocycles. The lowest BCUT2D eigenvalue weighted by molar-refractivity contribution is -0.116. The van der Waals surface area contributed by atoms with Gasteiger partial charge in [-0.2, -0.15) is 0 Å². The molecule has 0 saturated heterocycles. The second kappa shape index (κ2) is 11.4. The van der Waals surface area contributed by atoms with Crippen LogP contribution in [0.1, 0.15) is 40.2 Å². The summed E-state index contributed by atoms with van der Waals surface area (Å²) < 4.78 is 5.32. The average Bonchev–Trinajstić information content (AvgIpc) is 2.55. The number of alkyl carbamates (subject to hydrolysis) is 1. The molecule has 0 radical (unpaired) electrons. The van der Waals surface area contributed by atoms with E-state index in [9.17, 15) is 9.59 Å². The highest BCUT2D eigenvalue weighted by molar-refractivity contribution is 5.87. The summed E-state index contributed by atoms with van der Waals surface area (Å²) in [6, 6.07) is 9.82. The Labute approximate surface area is 162 Å². The summed E-state index contributed by atoms with van der Waals surface area (Å²) in [6.45, 7) is 10.8. The van der Waals surface area contributed by atoms with Gasteiger partial charge in [-0.25, -0.2) is 4.79 Å². The van der Waals surface area contributed by atoms with Crippen molar-refractivity contribution >= 4 is 12.0 Å². The van der Waals surface area contributed by atoms with Gasteiger partial charge in [0.05, 0.1) is 6.04 Å². The van der Waals surface area contributed by atoms with Crippen molar-refractivity contribution in [2.45, 2.75) is 58.7 Å². The lowest BCUT2D eigenvalue weighted by Crippen LogP contribution is -2.39. The molecule has 0 bridgehead atoms. The molecule has 6 heteroatoms. The van der Waals surface area contributed by atoms with Gasteiger partial charge in [0.25, 0.3) is 0 Å². The lowest BCUT2D eigenvalue weighted by atomic mass is 10.1. The number of nitrogens with one attached hydrogen (secondary N) is 3. The van der Waals surface area contributed by atoms with E-state index in [-0.39, 0.29) is 11.9 Å². The van der Waals surface area contributed by atoms with E-state index in [4.69, 9.17) is 4.74 Å². The van der Waals surface area contributed by atoms with E-state index < -0.39 is 11.7 Å². The maximum atomic E-state index is 12.1. The Hall–Kier alpha value is -2.34. The fourth-order valence-corrected chi connectivity index (χ4v) is 2.30. The molecule has 1 atom stereocenters. The minimum atomic E-state index is -0.577. The molecule has 27 heavy (non-hydrogen) atoms. The topological polar surface area (TPSA) is 79.5 Å². The first-order chi connectivity index (χ1) is 12.7. The Morgan fingerprint density at radius 3 is 2.37 bits per heavy atom. The summed E-state index contributed by atoms with van der Waals surface area (Å²) in [4.78, 5) is 24.1. The van der Waals surface area contributed by atoms with Gasteiger partial charge < -0.3 is 20.7 Å². The molecule has 0 heterocycles. The van der Waals surface area contributed by atoms with E-state index in [2.05, 4.69) is 29.8 Å². The summed E-state index contributed by atoms with van der Waals surface area (Å²) >= 11 is 0. The van der Waals surface area contributed by atoms with Crippen molar-refractivity contribution in [3.8, 4) is 0 Å². The molecule has 150 valence electrons. The van der Waals surface area contributed by atoms with E-state index in [1.807, 2.05) is 51.1 Å². The third-order valence-corrected chi connectivity index (χ3v) is 3.46. The SMILES string of the molecule is CC(C)NCCNC(=O)/C=C/[C@H](Cc1ccccc1)NC(=O)OC(C)(C)C. The monoisotopic (exact) mass is 375 g/mol. The van der Waals surface area contributed by atoms with Crippen LogP contribution in [-0.2, 0) is 16.0 Å². The first-order valence-electron chi connectivity index (χ1n) is 9.38. The standard InChI is InChI=1S/C21H33N3O3/c1-16(2)22-13-14-23-19(25)12-11-18(15-17-9-7-6-8-10-17)24-20(26)27-21(3,4)5/h6-12,16,18,22H,13-15H2,1-5H3,(H,23,25)(H,24,26)/b12-11+/t18-/m1/s1. The summed E-state index contributed by atoms with van der Waals surface area (Å²) in [6.07, 6.45) is 3.22. The van der Waals surface area contributed by atoms with Crippen molar-refractivity contribution in [2.24, 2.45) is 0 Å². The van der Waals surface area contributed by atoms with Gasteiger partial charge in [-0.1, -0.05) is 50.3 Å². The van der Waals surface area contributed by atoms with Gasteiger partial charge in [0.15, 0.2) is 0 Å². The van der Waals surface area contributed by atoms with Gasteiger partial charge in [-0.3, -0.25) is 4.79 Å². The van der Waals surface area contributed by atoms with Crippen LogP contribution in [0.25, 0.3) is 0 Å². The first-order valence-corrected chi connectivity index (χ1v) is 9.38. The Morgan fingerprint density at radius 1 is 1.11 bits per heavy atom. The van der Waals surface area contributed by atoms with Crippen LogP contribution >= 0.6 is 0 Å². The normalized spacial score (nSPS) is 12.8. The van der Waals surface area contributed by atoms with E-state index in [0.717, 1.165) is 5.56 Å². The van der Waals surface area contributed by atoms with Crippen LogP contribution in [0, 0.1) is 0 Å². The van der Waals surface area contributed by atoms with Crippen molar-refractivity contribution < 1.29 is 14.3 Å². The summed E-state index contributed by atoms with van der Waals surface area (Å²) in [7, 11) is 0. The Kier molecular flexibility index (Phi) is 9.58. The van der Waals surface area contributed by atoms with Gasteiger partial charge in [-0.15, -0.1) is 0 Å². The van der Waals surface area contributed by atoms with Crippen LogP contribution in [0.4, 0.5) is 4.79 Å². The van der Waals surface area contributed by atoms with Crippen LogP contribution in [0.15, 0.2) is 42.5 Å². The fraction of sp³-hybridized carbons (Fsp3) is 0.524. The van der Waals surface area contributed by atoms with Crippen molar-refractivity contribution in [1.29, 1.82) is 0 Å². The largest absolute Gasteiger partial charge is 0.444 e. The molecule has 0 aliphatic rings. The Balaban J connectivity index is 2.64. The molecule has 0 spiro atoms. The van der Waals surface area contributed by atoms with Crippen molar-refractivity contribution in [3.05, 3.63) is 48.0 Å². The zero-order valence-electron chi connectivity index (χ0n) is 17.0. The lowest BCUT2D eigenvalue weighted by Gasteiger charge is -2.22. The highest BCUT2D eigenvalue weighted by Crippen LogP contribution is 2.09. The maximum absolute atomic E-state index is 12.1. The number of carbonyl (C=O) groups excluding carboxylic acids is 2. The van der Waals surface area contributed by atoms with Crippen molar-refractivity contribution in [3.63, 3.8) is 0 Å². The smallest absolute Gasteiger partial charge is 0.408 e. The van der Waals surface area contributed by atoms with Crippen LogP contribution < -0.4 is 16.0 Å². The molecule has 0 aliphatic carbocycles. The first kappa shape index (κ1) is 22.7. The number of carbonyl (C=O) groups is 2. The highest BCUT2D eigenvalue weighted by Gasteiger charge is 2.18. The second-order valence-electron chi connectivity index (χ2n) is 7.70. The maximum Gasteiger partial charge on any atom is 0.408 e. The molecule has 1 aromatic carbocycles. The number of hydrogen-bond acceptors (Lipinski definition) is 4. The third-order valence-electron chi connectivity index (χ3n) is 3.46. The molecule has 0 saturated carbocycles. The molecular formula is C21H33N3O3. The van der Waals surface area contributed by atoms with E-state index in [0.29, 0.717) is 25.6 Å². The highest BCUT2D eigenvalue weighted by atomic mass is 16.6. The third kappa shape index (κ3) is 11.8. The van der Waals surface area contributed by atoms with E-state index in [1.165, 1.54) is 6.08 Å². The minimum absolute atomic E-state index is 0.190. The average molecular weight is 376 g/mol. The molecule has 0 fully saturated rings. The predicted octanol–water partition coefficient (Wildman–Crippen LogP) is 2.79. The number of amides is 2. The predicted molar refractivity (Wildman–Crippen MR) is 109 cm³/mol. The van der Waals surface area contributed by atoms with Gasteiger partial charge in [0.1, 0.15) is 5.60 Å². The number of ether oxygens (including phenoxy) is 1. The van der Waals surface area contributed by atoms with Crippen molar-refractivity contribution in [1.82, 2.24) is 16.0 Å². The number of rotatable bonds is 9. The second-order valence-corrected chi connectivity index (χ2v) is 7.70. The van der Waals surface area contributed by atoms with E-state index >= 15 is 0 Å². The quantitative estimate of drug-likeness (QED) is 0.458. The molecule has 2 amide bonds. The molecule has 0 aromatic heterocycles. The summed E-state index contributed by atoms with van der Waals surface area (Å²) in [5.41, 5.74) is 0.482. The zero-order chi connectivity index (χ0) is 20.3. The zero-order valence-corrected chi connectivity index (χ0v) is 17.0. The number of benzene rings is 1. The minimum Gasteiger partial charge on any atom is -0.444 e. The molecule has 6 nitrogen and oxygen atoms in total. The van der Waals surface area contributed by atoms with E-state index in [1.54, 1.807) is 6.08 Å². The molecule has 3 N–H and O–H groups in total. The van der Waals surface area contributed by atoms with Crippen molar-refractivity contribution in [2.75, 3.05) is 13.1 Å². The molecule has 0 unspecified atom stereocenters. The van der Waals surface area contributed by atoms with Gasteiger partial charge in [-0.05, 0) is 32.8 Å². The Bertz CT molecular complexity index is 607. The van der Waals surface area contributed by atoms with Gasteiger partial charge >= 0.3 is 6.09 Å². The summed E-state index contributed by atoms with van der Waals surface area (Å²) in [5, 5.41) is 8.87. The molecule has 1 aromatic rings. The summed E-state index contributed by atoms with van der Waals surface area (Å²) in [5.74, 6) is -0.190. The fourth-order valence-electron chi connectivity index (χ4n) is 2.30. The van der Waals surface area contributed by atoms with Gasteiger partial charge in [0, 0.05) is 25.2 Å². The van der Waals surface area contributed by atoms with Crippen LogP contribution in [-0.4, -0.2) is 42.8 Å². The molecular weight excluding hydrogens is 342 g/mol. The van der Waals surface area contributed by atoms with Crippen LogP contribution in [0.5, 0.6) is 0 Å². The Morgan fingerprint density at radius 2 is 1.78 bits per heavy atom. The molecule has 1 rings (SSSR count). The van der Waals surface area contributed by atoms with Crippen LogP contribution in [0.2, 0.25) is 0 Å². The van der Waals surface area contributed by atoms with Crippen LogP contribution in [0.3, 0.4) is 0 Å². The number of hydrogen-bond donors (Lipinski definition) is 3.